The van der Waals surface area contributed by atoms with Crippen LogP contribution in [-0.2, 0) is 0 Å². The van der Waals surface area contributed by atoms with Crippen molar-refractivity contribution < 1.29 is 0 Å². The molecule has 1 aliphatic heterocycles. The number of nitrogens with zero attached hydrogens (tertiary/aromatic N) is 1. The van der Waals surface area contributed by atoms with Gasteiger partial charge in [0, 0.05) is 11.9 Å². The molecule has 0 fully saturated rings. The molecule has 0 aliphatic carbocycles. The SMILES string of the molecule is C=CCP1CCC(N)=C(C#N)C1. The average molecular weight is 180 g/mol. The van der Waals surface area contributed by atoms with E-state index < -0.39 is 0 Å². The van der Waals surface area contributed by atoms with E-state index in [1.54, 1.807) is 0 Å². The van der Waals surface area contributed by atoms with Crippen molar-refractivity contribution in [2.75, 3.05) is 18.5 Å². The summed E-state index contributed by atoms with van der Waals surface area (Å²) in [5.74, 6) is 0. The van der Waals surface area contributed by atoms with Gasteiger partial charge < -0.3 is 5.73 Å². The Morgan fingerprint density at radius 1 is 1.75 bits per heavy atom. The Morgan fingerprint density at radius 3 is 3.08 bits per heavy atom. The van der Waals surface area contributed by atoms with Crippen molar-refractivity contribution in [1.29, 1.82) is 5.26 Å². The number of allylic oxidation sites excluding steroid dienone is 3. The first-order valence-corrected chi connectivity index (χ1v) is 5.88. The molecular formula is C9H13N2P. The summed E-state index contributed by atoms with van der Waals surface area (Å²) in [5, 5.41) is 8.74. The van der Waals surface area contributed by atoms with Gasteiger partial charge in [-0.05, 0) is 18.7 Å². The van der Waals surface area contributed by atoms with Gasteiger partial charge in [-0.25, -0.2) is 0 Å². The highest BCUT2D eigenvalue weighted by atomic mass is 31.1. The molecule has 64 valence electrons. The van der Waals surface area contributed by atoms with E-state index in [-0.39, 0.29) is 7.92 Å². The Balaban J connectivity index is 2.62. The number of rotatable bonds is 2. The minimum absolute atomic E-state index is 0.0220. The van der Waals surface area contributed by atoms with Gasteiger partial charge in [-0.2, -0.15) is 5.26 Å². The van der Waals surface area contributed by atoms with Gasteiger partial charge in [0.25, 0.3) is 0 Å². The fraction of sp³-hybridized carbons (Fsp3) is 0.444. The van der Waals surface area contributed by atoms with Crippen LogP contribution in [0.2, 0.25) is 0 Å². The summed E-state index contributed by atoms with van der Waals surface area (Å²) in [6.45, 7) is 3.71. The third kappa shape index (κ3) is 2.09. The van der Waals surface area contributed by atoms with Crippen LogP contribution < -0.4 is 5.73 Å². The first-order chi connectivity index (χ1) is 5.77. The van der Waals surface area contributed by atoms with E-state index in [9.17, 15) is 0 Å². The molecule has 0 aromatic rings. The normalized spacial score (nSPS) is 23.4. The molecule has 0 aromatic heterocycles. The molecule has 1 atom stereocenters. The van der Waals surface area contributed by atoms with Crippen LogP contribution >= 0.6 is 7.92 Å². The van der Waals surface area contributed by atoms with Crippen molar-refractivity contribution in [2.24, 2.45) is 5.73 Å². The highest BCUT2D eigenvalue weighted by molar-refractivity contribution is 7.58. The van der Waals surface area contributed by atoms with E-state index >= 15 is 0 Å². The highest BCUT2D eigenvalue weighted by Crippen LogP contribution is 2.42. The molecule has 0 saturated heterocycles. The number of nitriles is 1. The van der Waals surface area contributed by atoms with Crippen LogP contribution in [0.15, 0.2) is 23.9 Å². The molecule has 2 nitrogen and oxygen atoms in total. The van der Waals surface area contributed by atoms with Crippen molar-refractivity contribution in [3.63, 3.8) is 0 Å². The molecule has 3 heteroatoms. The molecular weight excluding hydrogens is 167 g/mol. The smallest absolute Gasteiger partial charge is 0.0968 e. The molecule has 2 N–H and O–H groups in total. The lowest BCUT2D eigenvalue weighted by Gasteiger charge is -2.21. The topological polar surface area (TPSA) is 49.8 Å². The van der Waals surface area contributed by atoms with Crippen LogP contribution in [0.3, 0.4) is 0 Å². The third-order valence-electron chi connectivity index (χ3n) is 1.99. The first-order valence-electron chi connectivity index (χ1n) is 3.98. The Morgan fingerprint density at radius 2 is 2.50 bits per heavy atom. The maximum atomic E-state index is 8.74. The minimum atomic E-state index is -0.0220. The van der Waals surface area contributed by atoms with E-state index in [1.807, 2.05) is 6.08 Å². The molecule has 0 saturated carbocycles. The van der Waals surface area contributed by atoms with Crippen LogP contribution in [0, 0.1) is 11.3 Å². The zero-order chi connectivity index (χ0) is 8.97. The van der Waals surface area contributed by atoms with Gasteiger partial charge >= 0.3 is 0 Å². The zero-order valence-electron chi connectivity index (χ0n) is 7.08. The summed E-state index contributed by atoms with van der Waals surface area (Å²) in [5.41, 5.74) is 7.31. The summed E-state index contributed by atoms with van der Waals surface area (Å²) in [6, 6.07) is 2.18. The fourth-order valence-electron chi connectivity index (χ4n) is 1.28. The maximum absolute atomic E-state index is 8.74. The lowest BCUT2D eigenvalue weighted by atomic mass is 10.2. The minimum Gasteiger partial charge on any atom is -0.401 e. The second-order valence-electron chi connectivity index (χ2n) is 2.89. The first kappa shape index (κ1) is 9.29. The van der Waals surface area contributed by atoms with E-state index in [0.717, 1.165) is 30.0 Å². The predicted molar refractivity (Wildman–Crippen MR) is 53.2 cm³/mol. The standard InChI is InChI=1S/C9H13N2P/c1-2-4-12-5-3-9(11)8(6-10)7-12/h2H,1,3-5,7,11H2. The second-order valence-corrected chi connectivity index (χ2v) is 5.36. The summed E-state index contributed by atoms with van der Waals surface area (Å²) >= 11 is 0. The third-order valence-corrected chi connectivity index (χ3v) is 4.38. The van der Waals surface area contributed by atoms with E-state index in [0.29, 0.717) is 0 Å². The van der Waals surface area contributed by atoms with Crippen LogP contribution in [0.25, 0.3) is 0 Å². The zero-order valence-corrected chi connectivity index (χ0v) is 7.98. The molecule has 0 bridgehead atoms. The quantitative estimate of drug-likeness (QED) is 0.520. The lowest BCUT2D eigenvalue weighted by molar-refractivity contribution is 1.02. The monoisotopic (exact) mass is 180 g/mol. The Hall–Kier alpha value is -0.800. The highest BCUT2D eigenvalue weighted by Gasteiger charge is 2.17. The molecule has 0 amide bonds. The Kier molecular flexibility index (Phi) is 3.31. The van der Waals surface area contributed by atoms with E-state index in [1.165, 1.54) is 6.16 Å². The molecule has 1 heterocycles. The van der Waals surface area contributed by atoms with Gasteiger partial charge in [-0.15, -0.1) is 6.58 Å². The van der Waals surface area contributed by atoms with Gasteiger partial charge in [-0.1, -0.05) is 14.0 Å². The molecule has 0 radical (unpaired) electrons. The summed E-state index contributed by atoms with van der Waals surface area (Å²) in [4.78, 5) is 0. The molecule has 12 heavy (non-hydrogen) atoms. The summed E-state index contributed by atoms with van der Waals surface area (Å²) in [6.07, 6.45) is 5.99. The second kappa shape index (κ2) is 4.28. The molecule has 0 spiro atoms. The van der Waals surface area contributed by atoms with Gasteiger partial charge in [0.1, 0.15) is 0 Å². The molecule has 0 aromatic carbocycles. The van der Waals surface area contributed by atoms with Crippen LogP contribution in [0.1, 0.15) is 6.42 Å². The van der Waals surface area contributed by atoms with Crippen molar-refractivity contribution in [3.05, 3.63) is 23.9 Å². The number of hydrogen-bond donors (Lipinski definition) is 1. The number of nitrogens with two attached hydrogens (primary N) is 1. The van der Waals surface area contributed by atoms with Gasteiger partial charge in [-0.3, -0.25) is 0 Å². The largest absolute Gasteiger partial charge is 0.401 e. The van der Waals surface area contributed by atoms with Crippen LogP contribution in [0.5, 0.6) is 0 Å². The van der Waals surface area contributed by atoms with Crippen molar-refractivity contribution >= 4 is 7.92 Å². The fourth-order valence-corrected chi connectivity index (χ4v) is 3.39. The van der Waals surface area contributed by atoms with E-state index in [4.69, 9.17) is 11.0 Å². The lowest BCUT2D eigenvalue weighted by Crippen LogP contribution is -2.12. The van der Waals surface area contributed by atoms with Gasteiger partial charge in [0.05, 0.1) is 11.6 Å². The van der Waals surface area contributed by atoms with Crippen molar-refractivity contribution in [2.45, 2.75) is 6.42 Å². The Labute approximate surface area is 74.5 Å². The predicted octanol–water partition coefficient (Wildman–Crippen LogP) is 1.79. The van der Waals surface area contributed by atoms with Crippen molar-refractivity contribution in [3.8, 4) is 6.07 Å². The number of hydrogen-bond acceptors (Lipinski definition) is 2. The van der Waals surface area contributed by atoms with Gasteiger partial charge in [0.2, 0.25) is 0 Å². The van der Waals surface area contributed by atoms with Crippen LogP contribution in [0.4, 0.5) is 0 Å². The molecule has 1 rings (SSSR count). The maximum Gasteiger partial charge on any atom is 0.0968 e. The molecule has 1 aliphatic rings. The summed E-state index contributed by atoms with van der Waals surface area (Å²) < 4.78 is 0. The Bertz CT molecular complexity index is 250. The average Bonchev–Trinajstić information content (AvgIpc) is 2.09. The van der Waals surface area contributed by atoms with E-state index in [2.05, 4.69) is 12.6 Å². The van der Waals surface area contributed by atoms with Gasteiger partial charge in [0.15, 0.2) is 0 Å². The van der Waals surface area contributed by atoms with Crippen molar-refractivity contribution in [1.82, 2.24) is 0 Å². The van der Waals surface area contributed by atoms with Crippen LogP contribution in [-0.4, -0.2) is 18.5 Å². The summed E-state index contributed by atoms with van der Waals surface area (Å²) in [7, 11) is -0.0220. The molecule has 1 unspecified atom stereocenters.